The quantitative estimate of drug-likeness (QED) is 0.430. The first-order valence-electron chi connectivity index (χ1n) is 7.09. The van der Waals surface area contributed by atoms with Crippen molar-refractivity contribution in [3.63, 3.8) is 0 Å². The molecule has 7 nitrogen and oxygen atoms in total. The summed E-state index contributed by atoms with van der Waals surface area (Å²) in [7, 11) is 0. The largest absolute Gasteiger partial charge is 0.353 e. The van der Waals surface area contributed by atoms with E-state index in [0.29, 0.717) is 16.4 Å². The van der Waals surface area contributed by atoms with Crippen LogP contribution < -0.4 is 10.6 Å². The molecule has 0 saturated carbocycles. The Bertz CT molecular complexity index is 872. The molecule has 0 aliphatic carbocycles. The van der Waals surface area contributed by atoms with Gasteiger partial charge in [-0.25, -0.2) is 9.97 Å². The van der Waals surface area contributed by atoms with E-state index >= 15 is 0 Å². The Hall–Kier alpha value is -2.71. The van der Waals surface area contributed by atoms with Crippen molar-refractivity contribution in [1.29, 1.82) is 0 Å². The molecule has 2 aromatic carbocycles. The van der Waals surface area contributed by atoms with Gasteiger partial charge in [-0.05, 0) is 40.2 Å². The molecule has 0 bridgehead atoms. The number of nitrogens with one attached hydrogen (secondary N) is 2. The minimum absolute atomic E-state index is 0.0441. The van der Waals surface area contributed by atoms with E-state index in [9.17, 15) is 10.1 Å². The van der Waals surface area contributed by atoms with Crippen LogP contribution in [0.2, 0.25) is 5.02 Å². The summed E-state index contributed by atoms with van der Waals surface area (Å²) in [6, 6.07) is 14.2. The van der Waals surface area contributed by atoms with Crippen molar-refractivity contribution in [3.8, 4) is 0 Å². The third kappa shape index (κ3) is 3.86. The highest BCUT2D eigenvalue weighted by atomic mass is 79.9. The summed E-state index contributed by atoms with van der Waals surface area (Å²) in [6.07, 6.45) is 1.24. The summed E-state index contributed by atoms with van der Waals surface area (Å²) in [6.45, 7) is 0. The number of aromatic nitrogens is 2. The number of anilines is 4. The van der Waals surface area contributed by atoms with Gasteiger partial charge in [-0.3, -0.25) is 10.1 Å². The number of hydrogen-bond donors (Lipinski definition) is 2. The van der Waals surface area contributed by atoms with Crippen molar-refractivity contribution in [2.75, 3.05) is 10.6 Å². The van der Waals surface area contributed by atoms with Crippen LogP contribution in [0, 0.1) is 10.1 Å². The van der Waals surface area contributed by atoms with Gasteiger partial charge in [0.2, 0.25) is 11.6 Å². The third-order valence-electron chi connectivity index (χ3n) is 3.26. The monoisotopic (exact) mass is 419 g/mol. The van der Waals surface area contributed by atoms with Crippen molar-refractivity contribution in [1.82, 2.24) is 9.97 Å². The number of nitro groups is 1. The van der Waals surface area contributed by atoms with Crippen LogP contribution in [-0.2, 0) is 0 Å². The minimum atomic E-state index is -0.543. The molecule has 3 rings (SSSR count). The molecule has 0 unspecified atom stereocenters. The SMILES string of the molecule is O=[N+]([O-])c1c(Nc2ccccc2Cl)ncnc1Nc1ccccc1Br. The van der Waals surface area contributed by atoms with Gasteiger partial charge in [-0.15, -0.1) is 0 Å². The van der Waals surface area contributed by atoms with Crippen molar-refractivity contribution in [3.05, 3.63) is 74.5 Å². The lowest BCUT2D eigenvalue weighted by Gasteiger charge is -2.11. The number of hydrogen-bond acceptors (Lipinski definition) is 6. The molecule has 9 heteroatoms. The summed E-state index contributed by atoms with van der Waals surface area (Å²) >= 11 is 9.49. The standard InChI is InChI=1S/C16H11BrClN5O2/c17-10-5-1-3-7-12(10)21-15-14(23(24)25)16(20-9-19-15)22-13-8-4-2-6-11(13)18/h1-9H,(H2,19,20,21,22). The molecule has 0 atom stereocenters. The first-order chi connectivity index (χ1) is 12.1. The maximum atomic E-state index is 11.6. The van der Waals surface area contributed by atoms with Crippen LogP contribution in [0.3, 0.4) is 0 Å². The number of nitrogens with zero attached hydrogens (tertiary/aromatic N) is 3. The molecular formula is C16H11BrClN5O2. The predicted octanol–water partition coefficient (Wildman–Crippen LogP) is 5.29. The highest BCUT2D eigenvalue weighted by Crippen LogP contribution is 2.35. The number of benzene rings is 2. The summed E-state index contributed by atoms with van der Waals surface area (Å²) in [4.78, 5) is 19.0. The first-order valence-corrected chi connectivity index (χ1v) is 8.26. The first kappa shape index (κ1) is 17.1. The summed E-state index contributed by atoms with van der Waals surface area (Å²) in [5, 5.41) is 17.9. The Kier molecular flexibility index (Phi) is 5.11. The smallest absolute Gasteiger partial charge is 0.333 e. The molecule has 0 amide bonds. The molecule has 1 aromatic heterocycles. The Morgan fingerprint density at radius 3 is 2.12 bits per heavy atom. The Balaban J connectivity index is 2.02. The van der Waals surface area contributed by atoms with Crippen molar-refractivity contribution in [2.45, 2.75) is 0 Å². The second-order valence-corrected chi connectivity index (χ2v) is 6.15. The molecule has 3 aromatic rings. The van der Waals surface area contributed by atoms with E-state index in [0.717, 1.165) is 4.47 Å². The van der Waals surface area contributed by atoms with Gasteiger partial charge in [0.15, 0.2) is 0 Å². The number of halogens is 2. The van der Waals surface area contributed by atoms with E-state index in [1.165, 1.54) is 6.33 Å². The van der Waals surface area contributed by atoms with Gasteiger partial charge < -0.3 is 10.6 Å². The Labute approximate surface area is 156 Å². The van der Waals surface area contributed by atoms with Crippen molar-refractivity contribution < 1.29 is 4.92 Å². The van der Waals surface area contributed by atoms with Crippen LogP contribution in [-0.4, -0.2) is 14.9 Å². The molecule has 1 heterocycles. The second-order valence-electron chi connectivity index (χ2n) is 4.89. The van der Waals surface area contributed by atoms with Crippen LogP contribution in [0.5, 0.6) is 0 Å². The van der Waals surface area contributed by atoms with E-state index in [1.54, 1.807) is 30.3 Å². The number of rotatable bonds is 5. The van der Waals surface area contributed by atoms with Gasteiger partial charge in [-0.1, -0.05) is 35.9 Å². The lowest BCUT2D eigenvalue weighted by atomic mass is 10.3. The van der Waals surface area contributed by atoms with Crippen LogP contribution in [0.15, 0.2) is 59.3 Å². The average molecular weight is 421 g/mol. The maximum Gasteiger partial charge on any atom is 0.353 e. The van der Waals surface area contributed by atoms with Gasteiger partial charge in [-0.2, -0.15) is 0 Å². The van der Waals surface area contributed by atoms with Gasteiger partial charge >= 0.3 is 5.69 Å². The van der Waals surface area contributed by atoms with Crippen LogP contribution in [0.1, 0.15) is 0 Å². The molecule has 126 valence electrons. The molecule has 0 spiro atoms. The summed E-state index contributed by atoms with van der Waals surface area (Å²) < 4.78 is 0.753. The fraction of sp³-hybridized carbons (Fsp3) is 0. The van der Waals surface area contributed by atoms with Crippen LogP contribution in [0.4, 0.5) is 28.7 Å². The highest BCUT2D eigenvalue weighted by molar-refractivity contribution is 9.10. The van der Waals surface area contributed by atoms with Gasteiger partial charge in [0.1, 0.15) is 6.33 Å². The lowest BCUT2D eigenvalue weighted by Crippen LogP contribution is -2.06. The van der Waals surface area contributed by atoms with E-state index in [2.05, 4.69) is 36.5 Å². The fourth-order valence-corrected chi connectivity index (χ4v) is 2.68. The molecule has 2 N–H and O–H groups in total. The molecule has 25 heavy (non-hydrogen) atoms. The summed E-state index contributed by atoms with van der Waals surface area (Å²) in [5.74, 6) is 0.115. The maximum absolute atomic E-state index is 11.6. The molecule has 0 aliphatic rings. The van der Waals surface area contributed by atoms with Crippen LogP contribution >= 0.6 is 27.5 Å². The summed E-state index contributed by atoms with van der Waals surface area (Å²) in [5.41, 5.74) is 0.879. The second kappa shape index (κ2) is 7.45. The Morgan fingerprint density at radius 1 is 0.960 bits per heavy atom. The van der Waals surface area contributed by atoms with Crippen molar-refractivity contribution in [2.24, 2.45) is 0 Å². The molecule has 0 aliphatic heterocycles. The molecule has 0 fully saturated rings. The van der Waals surface area contributed by atoms with Gasteiger partial charge in [0, 0.05) is 4.47 Å². The Morgan fingerprint density at radius 2 is 1.52 bits per heavy atom. The van der Waals surface area contributed by atoms with E-state index in [4.69, 9.17) is 11.6 Å². The highest BCUT2D eigenvalue weighted by Gasteiger charge is 2.24. The normalized spacial score (nSPS) is 10.3. The van der Waals surface area contributed by atoms with Gasteiger partial charge in [0.25, 0.3) is 0 Å². The van der Waals surface area contributed by atoms with E-state index in [-0.39, 0.29) is 17.3 Å². The number of para-hydroxylation sites is 2. The predicted molar refractivity (Wildman–Crippen MR) is 101 cm³/mol. The third-order valence-corrected chi connectivity index (χ3v) is 4.28. The molecule has 0 saturated heterocycles. The lowest BCUT2D eigenvalue weighted by molar-refractivity contribution is -0.383. The van der Waals surface area contributed by atoms with E-state index in [1.807, 2.05) is 18.2 Å². The average Bonchev–Trinajstić information content (AvgIpc) is 2.59. The minimum Gasteiger partial charge on any atom is -0.333 e. The van der Waals surface area contributed by atoms with Gasteiger partial charge in [0.05, 0.1) is 21.3 Å². The molecule has 0 radical (unpaired) electrons. The zero-order valence-electron chi connectivity index (χ0n) is 12.6. The zero-order valence-corrected chi connectivity index (χ0v) is 15.0. The molecular weight excluding hydrogens is 410 g/mol. The van der Waals surface area contributed by atoms with Crippen molar-refractivity contribution >= 4 is 56.2 Å². The van der Waals surface area contributed by atoms with Crippen LogP contribution in [0.25, 0.3) is 0 Å². The topological polar surface area (TPSA) is 93.0 Å². The fourth-order valence-electron chi connectivity index (χ4n) is 2.11. The van der Waals surface area contributed by atoms with E-state index < -0.39 is 4.92 Å². The zero-order chi connectivity index (χ0) is 17.8.